The standard InChI is InChI=1S/C36H39N3O6/c1-24-16-18-25(19-17-24)21-32(34(42)37(2)22-33(40)41)39-20-10-4-5-15-31(35(39)43)38(3)36(44)45-23-30-28-13-8-6-11-26(28)27-12-7-9-14-29(27)30/h4-9,11-14,16-19,30-32H,10,15,20-23H2,1-3H3,(H,40,41)/b5-4-/t31-,32?/m0/s1. The molecule has 1 aliphatic heterocycles. The van der Waals surface area contributed by atoms with Crippen LogP contribution in [-0.2, 0) is 25.5 Å². The number of rotatable bonds is 9. The number of carboxylic acid groups (broad SMARTS) is 1. The minimum Gasteiger partial charge on any atom is -0.480 e. The molecule has 1 aliphatic carbocycles. The zero-order valence-corrected chi connectivity index (χ0v) is 25.9. The van der Waals surface area contributed by atoms with Crippen molar-refractivity contribution in [2.45, 2.75) is 44.2 Å². The van der Waals surface area contributed by atoms with Gasteiger partial charge in [0.05, 0.1) is 0 Å². The van der Waals surface area contributed by atoms with E-state index in [9.17, 15) is 24.3 Å². The Hall–Kier alpha value is -4.92. The Kier molecular flexibility index (Phi) is 9.66. The molecule has 9 nitrogen and oxygen atoms in total. The molecule has 9 heteroatoms. The van der Waals surface area contributed by atoms with Crippen LogP contribution in [0, 0.1) is 6.92 Å². The van der Waals surface area contributed by atoms with E-state index in [0.29, 0.717) is 6.42 Å². The lowest BCUT2D eigenvalue weighted by Gasteiger charge is -2.38. The predicted molar refractivity (Wildman–Crippen MR) is 171 cm³/mol. The van der Waals surface area contributed by atoms with Gasteiger partial charge in [-0.25, -0.2) is 4.79 Å². The first-order chi connectivity index (χ1) is 21.7. The highest BCUT2D eigenvalue weighted by atomic mass is 16.6. The minimum atomic E-state index is -1.14. The van der Waals surface area contributed by atoms with E-state index in [1.807, 2.05) is 79.7 Å². The number of carbonyl (C=O) groups excluding carboxylic acids is 3. The van der Waals surface area contributed by atoms with Gasteiger partial charge in [-0.1, -0.05) is 90.5 Å². The Morgan fingerprint density at radius 1 is 0.933 bits per heavy atom. The maximum absolute atomic E-state index is 14.2. The van der Waals surface area contributed by atoms with E-state index < -0.39 is 36.6 Å². The summed E-state index contributed by atoms with van der Waals surface area (Å²) in [5.74, 6) is -2.13. The first kappa shape index (κ1) is 31.5. The Labute approximate surface area is 263 Å². The third kappa shape index (κ3) is 6.93. The summed E-state index contributed by atoms with van der Waals surface area (Å²) in [5.41, 5.74) is 6.32. The number of hydrogen-bond acceptors (Lipinski definition) is 5. The van der Waals surface area contributed by atoms with Crippen molar-refractivity contribution >= 4 is 23.9 Å². The van der Waals surface area contributed by atoms with Gasteiger partial charge in [0.2, 0.25) is 11.8 Å². The van der Waals surface area contributed by atoms with Crippen LogP contribution in [0.2, 0.25) is 0 Å². The molecule has 0 saturated carbocycles. The lowest BCUT2D eigenvalue weighted by atomic mass is 9.98. The van der Waals surface area contributed by atoms with E-state index in [1.165, 1.54) is 16.8 Å². The number of ether oxygens (including phenoxy) is 1. The molecule has 3 aromatic rings. The molecule has 0 radical (unpaired) electrons. The monoisotopic (exact) mass is 609 g/mol. The number of nitrogens with zero attached hydrogens (tertiary/aromatic N) is 3. The SMILES string of the molecule is Cc1ccc(CC(C(=O)N(C)CC(=O)O)N2CC/C=C\C[C@H](N(C)C(=O)OCC3c4ccccc4-c4ccccc43)C2=O)cc1. The highest BCUT2D eigenvalue weighted by molar-refractivity contribution is 5.92. The summed E-state index contributed by atoms with van der Waals surface area (Å²) in [5, 5.41) is 9.35. The number of aryl methyl sites for hydroxylation is 1. The number of fused-ring (bicyclic) bond motifs is 3. The third-order valence-electron chi connectivity index (χ3n) is 8.68. The summed E-state index contributed by atoms with van der Waals surface area (Å²) in [7, 11) is 2.97. The second kappa shape index (κ2) is 13.8. The first-order valence-electron chi connectivity index (χ1n) is 15.2. The van der Waals surface area contributed by atoms with E-state index in [2.05, 4.69) is 12.1 Å². The van der Waals surface area contributed by atoms with Crippen molar-refractivity contribution in [1.29, 1.82) is 0 Å². The smallest absolute Gasteiger partial charge is 0.410 e. The molecule has 234 valence electrons. The molecule has 1 unspecified atom stereocenters. The fourth-order valence-electron chi connectivity index (χ4n) is 6.23. The number of hydrogen-bond donors (Lipinski definition) is 1. The van der Waals surface area contributed by atoms with Gasteiger partial charge >= 0.3 is 12.1 Å². The fourth-order valence-corrected chi connectivity index (χ4v) is 6.23. The number of carbonyl (C=O) groups is 4. The first-order valence-corrected chi connectivity index (χ1v) is 15.2. The molecule has 3 aromatic carbocycles. The van der Waals surface area contributed by atoms with Crippen LogP contribution in [0.5, 0.6) is 0 Å². The van der Waals surface area contributed by atoms with Gasteiger partial charge in [0.25, 0.3) is 0 Å². The Balaban J connectivity index is 1.36. The summed E-state index contributed by atoms with van der Waals surface area (Å²) in [4.78, 5) is 56.8. The molecule has 3 amide bonds. The van der Waals surface area contributed by atoms with Gasteiger partial charge in [0, 0.05) is 33.0 Å². The predicted octanol–water partition coefficient (Wildman–Crippen LogP) is 4.88. The van der Waals surface area contributed by atoms with E-state index in [-0.39, 0.29) is 37.8 Å². The quantitative estimate of drug-likeness (QED) is 0.347. The molecule has 2 atom stereocenters. The number of amides is 3. The van der Waals surface area contributed by atoms with Crippen LogP contribution in [0.4, 0.5) is 4.79 Å². The van der Waals surface area contributed by atoms with Crippen molar-refractivity contribution in [3.63, 3.8) is 0 Å². The fraction of sp³-hybridized carbons (Fsp3) is 0.333. The molecular formula is C36H39N3O6. The lowest BCUT2D eigenvalue weighted by molar-refractivity contribution is -0.150. The Morgan fingerprint density at radius 2 is 1.56 bits per heavy atom. The molecule has 0 aromatic heterocycles. The largest absolute Gasteiger partial charge is 0.480 e. The van der Waals surface area contributed by atoms with Gasteiger partial charge in [0.1, 0.15) is 25.2 Å². The molecule has 0 saturated heterocycles. The van der Waals surface area contributed by atoms with E-state index >= 15 is 0 Å². The Morgan fingerprint density at radius 3 is 2.18 bits per heavy atom. The molecule has 5 rings (SSSR count). The lowest BCUT2D eigenvalue weighted by Crippen LogP contribution is -2.57. The number of aliphatic carboxylic acids is 1. The third-order valence-corrected chi connectivity index (χ3v) is 8.68. The molecule has 1 N–H and O–H groups in total. The van der Waals surface area contributed by atoms with E-state index in [1.54, 1.807) is 7.05 Å². The molecule has 0 spiro atoms. The number of likely N-dealkylation sites (N-methyl/N-ethyl adjacent to an activating group) is 2. The minimum absolute atomic E-state index is 0.117. The van der Waals surface area contributed by atoms with Crippen molar-refractivity contribution in [2.24, 2.45) is 0 Å². The Bertz CT molecular complexity index is 1550. The second-order valence-corrected chi connectivity index (χ2v) is 11.8. The maximum atomic E-state index is 14.2. The van der Waals surface area contributed by atoms with Gasteiger partial charge in [-0.2, -0.15) is 0 Å². The van der Waals surface area contributed by atoms with Crippen LogP contribution in [-0.4, -0.2) is 89.6 Å². The zero-order valence-electron chi connectivity index (χ0n) is 25.9. The molecular weight excluding hydrogens is 570 g/mol. The van der Waals surface area contributed by atoms with Crippen LogP contribution in [0.1, 0.15) is 41.0 Å². The molecule has 1 heterocycles. The van der Waals surface area contributed by atoms with E-state index in [4.69, 9.17) is 4.74 Å². The van der Waals surface area contributed by atoms with Crippen LogP contribution in [0.3, 0.4) is 0 Å². The number of carboxylic acids is 1. The zero-order chi connectivity index (χ0) is 32.1. The molecule has 0 bridgehead atoms. The summed E-state index contributed by atoms with van der Waals surface area (Å²) >= 11 is 0. The average molecular weight is 610 g/mol. The summed E-state index contributed by atoms with van der Waals surface area (Å²) in [6.07, 6.45) is 4.17. The van der Waals surface area contributed by atoms with Crippen molar-refractivity contribution < 1.29 is 29.0 Å². The van der Waals surface area contributed by atoms with Gasteiger partial charge in [-0.05, 0) is 47.6 Å². The number of benzene rings is 3. The second-order valence-electron chi connectivity index (χ2n) is 11.8. The van der Waals surface area contributed by atoms with Crippen molar-refractivity contribution in [2.75, 3.05) is 33.8 Å². The average Bonchev–Trinajstić information content (AvgIpc) is 3.34. The summed E-state index contributed by atoms with van der Waals surface area (Å²) in [6.45, 7) is 1.83. The van der Waals surface area contributed by atoms with Gasteiger partial charge in [0.15, 0.2) is 0 Å². The van der Waals surface area contributed by atoms with Crippen LogP contribution >= 0.6 is 0 Å². The maximum Gasteiger partial charge on any atom is 0.410 e. The van der Waals surface area contributed by atoms with Crippen LogP contribution in [0.25, 0.3) is 11.1 Å². The topological polar surface area (TPSA) is 107 Å². The van der Waals surface area contributed by atoms with Gasteiger partial charge in [-0.15, -0.1) is 0 Å². The highest BCUT2D eigenvalue weighted by Gasteiger charge is 2.39. The summed E-state index contributed by atoms with van der Waals surface area (Å²) < 4.78 is 5.86. The van der Waals surface area contributed by atoms with Crippen molar-refractivity contribution in [1.82, 2.24) is 14.7 Å². The molecule has 2 aliphatic rings. The normalized spacial score (nSPS) is 17.4. The van der Waals surface area contributed by atoms with Gasteiger partial charge in [-0.3, -0.25) is 19.3 Å². The molecule has 0 fully saturated rings. The molecule has 45 heavy (non-hydrogen) atoms. The van der Waals surface area contributed by atoms with E-state index in [0.717, 1.165) is 38.3 Å². The van der Waals surface area contributed by atoms with Gasteiger partial charge < -0.3 is 19.6 Å². The van der Waals surface area contributed by atoms with Crippen LogP contribution < -0.4 is 0 Å². The van der Waals surface area contributed by atoms with Crippen LogP contribution in [0.15, 0.2) is 84.9 Å². The van der Waals surface area contributed by atoms with Crippen molar-refractivity contribution in [3.8, 4) is 11.1 Å². The summed E-state index contributed by atoms with van der Waals surface area (Å²) in [6, 6.07) is 22.0. The van der Waals surface area contributed by atoms with Crippen molar-refractivity contribution in [3.05, 3.63) is 107 Å². The highest BCUT2D eigenvalue weighted by Crippen LogP contribution is 2.44.